The molecule has 0 aromatic rings. The molecule has 1 unspecified atom stereocenters. The van der Waals surface area contributed by atoms with Crippen molar-refractivity contribution in [1.82, 2.24) is 10.6 Å². The van der Waals surface area contributed by atoms with E-state index in [0.29, 0.717) is 5.54 Å². The Balaban J connectivity index is 1.98. The fourth-order valence-electron chi connectivity index (χ4n) is 3.12. The van der Waals surface area contributed by atoms with Crippen LogP contribution in [0.25, 0.3) is 0 Å². The third kappa shape index (κ3) is 2.69. The van der Waals surface area contributed by atoms with Crippen LogP contribution in [0, 0.1) is 5.92 Å². The molecule has 0 bridgehead atoms. The molecule has 0 radical (unpaired) electrons. The van der Waals surface area contributed by atoms with Gasteiger partial charge in [0.25, 0.3) is 0 Å². The van der Waals surface area contributed by atoms with Crippen LogP contribution in [-0.2, 0) is 0 Å². The van der Waals surface area contributed by atoms with Crippen molar-refractivity contribution in [3.8, 4) is 0 Å². The minimum Gasteiger partial charge on any atom is -0.303 e. The van der Waals surface area contributed by atoms with Crippen LogP contribution in [0.5, 0.6) is 0 Å². The first-order valence-electron chi connectivity index (χ1n) is 6.44. The predicted molar refractivity (Wildman–Crippen MR) is 68.4 cm³/mol. The van der Waals surface area contributed by atoms with Crippen LogP contribution in [0.1, 0.15) is 44.9 Å². The average Bonchev–Trinajstić information content (AvgIpc) is 2.67. The third-order valence-corrected chi connectivity index (χ3v) is 4.74. The summed E-state index contributed by atoms with van der Waals surface area (Å²) in [6.45, 7) is 2.08. The lowest BCUT2D eigenvalue weighted by Crippen LogP contribution is -2.51. The molecular formula is C12H24N2S. The van der Waals surface area contributed by atoms with Gasteiger partial charge in [-0.3, -0.25) is 5.32 Å². The van der Waals surface area contributed by atoms with Crippen molar-refractivity contribution < 1.29 is 0 Å². The molecule has 2 aliphatic rings. The van der Waals surface area contributed by atoms with Crippen LogP contribution >= 0.6 is 12.6 Å². The molecule has 1 atom stereocenters. The third-order valence-electron chi connectivity index (χ3n) is 4.17. The summed E-state index contributed by atoms with van der Waals surface area (Å²) in [6.07, 6.45) is 9.96. The lowest BCUT2D eigenvalue weighted by atomic mass is 9.77. The normalized spacial score (nSPS) is 35.0. The van der Waals surface area contributed by atoms with E-state index in [4.69, 9.17) is 0 Å². The monoisotopic (exact) mass is 228 g/mol. The van der Waals surface area contributed by atoms with Crippen LogP contribution < -0.4 is 10.6 Å². The van der Waals surface area contributed by atoms with E-state index in [1.54, 1.807) is 0 Å². The molecule has 0 aromatic carbocycles. The molecule has 1 saturated heterocycles. The standard InChI is InChI=1S/C12H24N2S/c15-9-12(8-13-10-14-12)11-6-4-2-1-3-5-7-11/h11,13-15H,1-10H2. The number of hydrogen-bond acceptors (Lipinski definition) is 3. The molecule has 0 spiro atoms. The molecule has 3 heteroatoms. The van der Waals surface area contributed by atoms with Crippen LogP contribution in [0.3, 0.4) is 0 Å². The van der Waals surface area contributed by atoms with Gasteiger partial charge >= 0.3 is 0 Å². The van der Waals surface area contributed by atoms with Crippen molar-refractivity contribution in [2.45, 2.75) is 50.5 Å². The summed E-state index contributed by atoms with van der Waals surface area (Å²) >= 11 is 4.57. The number of nitrogens with one attached hydrogen (secondary N) is 2. The highest BCUT2D eigenvalue weighted by molar-refractivity contribution is 7.80. The van der Waals surface area contributed by atoms with Crippen molar-refractivity contribution in [2.24, 2.45) is 5.92 Å². The zero-order chi connectivity index (χ0) is 10.6. The summed E-state index contributed by atoms with van der Waals surface area (Å²) < 4.78 is 0. The molecule has 1 saturated carbocycles. The fourth-order valence-corrected chi connectivity index (χ4v) is 3.61. The Kier molecular flexibility index (Phi) is 4.35. The summed E-state index contributed by atoms with van der Waals surface area (Å²) in [5, 5.41) is 7.09. The van der Waals surface area contributed by atoms with E-state index in [9.17, 15) is 0 Å². The van der Waals surface area contributed by atoms with E-state index < -0.39 is 0 Å². The molecular weight excluding hydrogens is 204 g/mol. The molecule has 1 aliphatic heterocycles. The van der Waals surface area contributed by atoms with Gasteiger partial charge in [0.2, 0.25) is 0 Å². The second-order valence-electron chi connectivity index (χ2n) is 5.14. The summed E-state index contributed by atoms with van der Waals surface area (Å²) in [7, 11) is 0. The molecule has 15 heavy (non-hydrogen) atoms. The van der Waals surface area contributed by atoms with Crippen LogP contribution in [0.15, 0.2) is 0 Å². The largest absolute Gasteiger partial charge is 0.303 e. The molecule has 2 fully saturated rings. The zero-order valence-corrected chi connectivity index (χ0v) is 10.5. The van der Waals surface area contributed by atoms with Crippen molar-refractivity contribution in [2.75, 3.05) is 19.0 Å². The van der Waals surface area contributed by atoms with E-state index >= 15 is 0 Å². The quantitative estimate of drug-likeness (QED) is 0.631. The highest BCUT2D eigenvalue weighted by atomic mass is 32.1. The minimum atomic E-state index is 0.292. The Morgan fingerprint density at radius 3 is 2.27 bits per heavy atom. The van der Waals surface area contributed by atoms with Gasteiger partial charge < -0.3 is 5.32 Å². The van der Waals surface area contributed by atoms with Gasteiger partial charge in [-0.25, -0.2) is 0 Å². The van der Waals surface area contributed by atoms with Crippen LogP contribution in [0.2, 0.25) is 0 Å². The van der Waals surface area contributed by atoms with Crippen molar-refractivity contribution in [3.63, 3.8) is 0 Å². The van der Waals surface area contributed by atoms with Gasteiger partial charge in [0.15, 0.2) is 0 Å². The SMILES string of the molecule is SCC1(C2CCCCCCC2)CNCN1. The Labute approximate surface area is 99.0 Å². The first-order chi connectivity index (χ1) is 7.37. The molecule has 1 heterocycles. The van der Waals surface area contributed by atoms with E-state index in [1.807, 2.05) is 0 Å². The van der Waals surface area contributed by atoms with Gasteiger partial charge in [-0.05, 0) is 18.8 Å². The van der Waals surface area contributed by atoms with Crippen molar-refractivity contribution in [3.05, 3.63) is 0 Å². The van der Waals surface area contributed by atoms with Crippen molar-refractivity contribution in [1.29, 1.82) is 0 Å². The van der Waals surface area contributed by atoms with Crippen molar-refractivity contribution >= 4 is 12.6 Å². The predicted octanol–water partition coefficient (Wildman–Crippen LogP) is 2.17. The van der Waals surface area contributed by atoms with Crippen LogP contribution in [0.4, 0.5) is 0 Å². The zero-order valence-electron chi connectivity index (χ0n) is 9.60. The molecule has 88 valence electrons. The summed E-state index contributed by atoms with van der Waals surface area (Å²) in [6, 6.07) is 0. The van der Waals surface area contributed by atoms with Gasteiger partial charge in [0.1, 0.15) is 0 Å². The van der Waals surface area contributed by atoms with Gasteiger partial charge in [-0.15, -0.1) is 0 Å². The van der Waals surface area contributed by atoms with Gasteiger partial charge in [-0.1, -0.05) is 32.1 Å². The van der Waals surface area contributed by atoms with E-state index in [1.165, 1.54) is 44.9 Å². The van der Waals surface area contributed by atoms with E-state index in [2.05, 4.69) is 23.3 Å². The second-order valence-corrected chi connectivity index (χ2v) is 5.45. The van der Waals surface area contributed by atoms with Crippen LogP contribution in [-0.4, -0.2) is 24.5 Å². The first-order valence-corrected chi connectivity index (χ1v) is 7.07. The number of hydrogen-bond donors (Lipinski definition) is 3. The Bertz CT molecular complexity index is 182. The average molecular weight is 228 g/mol. The fraction of sp³-hybridized carbons (Fsp3) is 1.00. The first kappa shape index (κ1) is 11.7. The molecule has 1 aliphatic carbocycles. The number of thiol groups is 1. The lowest BCUT2D eigenvalue weighted by molar-refractivity contribution is 0.230. The molecule has 0 amide bonds. The summed E-state index contributed by atoms with van der Waals surface area (Å²) in [4.78, 5) is 0. The Morgan fingerprint density at radius 2 is 1.73 bits per heavy atom. The highest BCUT2D eigenvalue weighted by Gasteiger charge is 2.39. The van der Waals surface area contributed by atoms with E-state index in [0.717, 1.165) is 24.9 Å². The van der Waals surface area contributed by atoms with Gasteiger partial charge in [0.05, 0.1) is 0 Å². The van der Waals surface area contributed by atoms with E-state index in [-0.39, 0.29) is 0 Å². The molecule has 2 rings (SSSR count). The Hall–Kier alpha value is 0.270. The minimum absolute atomic E-state index is 0.292. The summed E-state index contributed by atoms with van der Waals surface area (Å²) in [5.41, 5.74) is 0.292. The topological polar surface area (TPSA) is 24.1 Å². The Morgan fingerprint density at radius 1 is 1.07 bits per heavy atom. The summed E-state index contributed by atoms with van der Waals surface area (Å²) in [5.74, 6) is 1.82. The molecule has 2 nitrogen and oxygen atoms in total. The second kappa shape index (κ2) is 5.55. The van der Waals surface area contributed by atoms with Gasteiger partial charge in [0, 0.05) is 24.5 Å². The smallest absolute Gasteiger partial charge is 0.0460 e. The lowest BCUT2D eigenvalue weighted by Gasteiger charge is -2.37. The molecule has 2 N–H and O–H groups in total. The van der Waals surface area contributed by atoms with Gasteiger partial charge in [-0.2, -0.15) is 12.6 Å². The number of rotatable bonds is 2. The highest BCUT2D eigenvalue weighted by Crippen LogP contribution is 2.32. The maximum Gasteiger partial charge on any atom is 0.0460 e. The molecule has 0 aromatic heterocycles. The maximum absolute atomic E-state index is 4.57. The maximum atomic E-state index is 4.57.